The molecule has 0 radical (unpaired) electrons. The normalized spacial score (nSPS) is 13.9. The SMILES string of the molecule is COC(=O)C[C@H](C(=O)OC)[C@H](NC(=O)C1c2ccccc2-c2ccccc21)C(=O)OC. The van der Waals surface area contributed by atoms with E-state index in [0.717, 1.165) is 43.6 Å². The maximum atomic E-state index is 13.4. The molecule has 0 fully saturated rings. The molecule has 2 aromatic rings. The summed E-state index contributed by atoms with van der Waals surface area (Å²) in [6.45, 7) is 0. The van der Waals surface area contributed by atoms with Crippen LogP contribution in [0.15, 0.2) is 48.5 Å². The third-order valence-electron chi connectivity index (χ3n) is 5.37. The minimum atomic E-state index is -1.43. The second kappa shape index (κ2) is 9.42. The Bertz CT molecular complexity index is 971. The third kappa shape index (κ3) is 4.28. The van der Waals surface area contributed by atoms with Crippen LogP contribution >= 0.6 is 0 Å². The van der Waals surface area contributed by atoms with Crippen LogP contribution in [-0.4, -0.2) is 51.2 Å². The number of amides is 1. The number of hydrogen-bond donors (Lipinski definition) is 1. The fourth-order valence-electron chi connectivity index (χ4n) is 3.88. The first-order valence-electron chi connectivity index (χ1n) is 9.64. The number of ether oxygens (including phenoxy) is 3. The van der Waals surface area contributed by atoms with Gasteiger partial charge >= 0.3 is 17.9 Å². The van der Waals surface area contributed by atoms with Gasteiger partial charge in [0.25, 0.3) is 0 Å². The van der Waals surface area contributed by atoms with Crippen molar-refractivity contribution in [3.05, 3.63) is 59.7 Å². The molecule has 0 aromatic heterocycles. The Morgan fingerprint density at radius 3 is 1.81 bits per heavy atom. The fraction of sp³-hybridized carbons (Fsp3) is 0.304. The summed E-state index contributed by atoms with van der Waals surface area (Å²) in [4.78, 5) is 50.0. The van der Waals surface area contributed by atoms with Gasteiger partial charge in [0.05, 0.1) is 39.6 Å². The molecule has 8 heteroatoms. The quantitative estimate of drug-likeness (QED) is 0.532. The molecule has 0 bridgehead atoms. The highest BCUT2D eigenvalue weighted by molar-refractivity contribution is 5.99. The van der Waals surface area contributed by atoms with Gasteiger partial charge in [-0.25, -0.2) is 4.79 Å². The van der Waals surface area contributed by atoms with Crippen LogP contribution in [0.5, 0.6) is 0 Å². The smallest absolute Gasteiger partial charge is 0.329 e. The van der Waals surface area contributed by atoms with Crippen molar-refractivity contribution in [2.75, 3.05) is 21.3 Å². The first-order valence-corrected chi connectivity index (χ1v) is 9.64. The maximum Gasteiger partial charge on any atom is 0.329 e. The minimum Gasteiger partial charge on any atom is -0.469 e. The van der Waals surface area contributed by atoms with Crippen molar-refractivity contribution < 1.29 is 33.4 Å². The number of hydrogen-bond acceptors (Lipinski definition) is 7. The summed E-state index contributed by atoms with van der Waals surface area (Å²) in [5.74, 6) is -4.92. The average molecular weight is 425 g/mol. The molecular weight excluding hydrogens is 402 g/mol. The van der Waals surface area contributed by atoms with Crippen molar-refractivity contribution in [1.82, 2.24) is 5.32 Å². The second-order valence-electron chi connectivity index (χ2n) is 7.03. The van der Waals surface area contributed by atoms with Crippen LogP contribution in [-0.2, 0) is 33.4 Å². The molecule has 0 spiro atoms. The summed E-state index contributed by atoms with van der Waals surface area (Å²) in [7, 11) is 3.43. The molecule has 0 saturated carbocycles. The van der Waals surface area contributed by atoms with E-state index in [1.54, 1.807) is 0 Å². The summed E-state index contributed by atoms with van der Waals surface area (Å²) < 4.78 is 14.2. The number of benzene rings is 2. The maximum absolute atomic E-state index is 13.4. The lowest BCUT2D eigenvalue weighted by atomic mass is 9.92. The van der Waals surface area contributed by atoms with Crippen molar-refractivity contribution in [3.63, 3.8) is 0 Å². The van der Waals surface area contributed by atoms with Gasteiger partial charge in [-0.05, 0) is 22.3 Å². The lowest BCUT2D eigenvalue weighted by molar-refractivity contribution is -0.159. The fourth-order valence-corrected chi connectivity index (χ4v) is 3.88. The standard InChI is InChI=1S/C23H23NO7/c1-29-18(25)12-17(22(27)30-2)20(23(28)31-3)24-21(26)19-15-10-6-4-8-13(15)14-9-5-7-11-16(14)19/h4-11,17,19-20H,12H2,1-3H3,(H,24,26)/t17-,20-/m0/s1. The number of fused-ring (bicyclic) bond motifs is 3. The van der Waals surface area contributed by atoms with Crippen LogP contribution in [0.1, 0.15) is 23.5 Å². The number of carbonyl (C=O) groups is 4. The van der Waals surface area contributed by atoms with Gasteiger partial charge in [0, 0.05) is 0 Å². The highest BCUT2D eigenvalue weighted by Crippen LogP contribution is 2.44. The van der Waals surface area contributed by atoms with Crippen LogP contribution in [0.25, 0.3) is 11.1 Å². The Kier molecular flexibility index (Phi) is 6.69. The largest absolute Gasteiger partial charge is 0.469 e. The van der Waals surface area contributed by atoms with E-state index in [1.807, 2.05) is 48.5 Å². The number of nitrogens with one attached hydrogen (secondary N) is 1. The summed E-state index contributed by atoms with van der Waals surface area (Å²) in [6.07, 6.45) is -0.457. The molecular formula is C23H23NO7. The summed E-state index contributed by atoms with van der Waals surface area (Å²) >= 11 is 0. The Morgan fingerprint density at radius 1 is 0.806 bits per heavy atom. The van der Waals surface area contributed by atoms with Crippen molar-refractivity contribution in [2.45, 2.75) is 18.4 Å². The Labute approximate surface area is 179 Å². The second-order valence-corrected chi connectivity index (χ2v) is 7.03. The lowest BCUT2D eigenvalue weighted by Crippen LogP contribution is -2.51. The predicted molar refractivity (Wildman–Crippen MR) is 110 cm³/mol. The van der Waals surface area contributed by atoms with E-state index in [9.17, 15) is 19.2 Å². The topological polar surface area (TPSA) is 108 Å². The Morgan fingerprint density at radius 2 is 1.32 bits per heavy atom. The zero-order valence-corrected chi connectivity index (χ0v) is 17.4. The molecule has 1 aliphatic carbocycles. The molecule has 0 heterocycles. The van der Waals surface area contributed by atoms with Gasteiger partial charge in [0.2, 0.25) is 5.91 Å². The molecule has 1 amide bonds. The number of rotatable bonds is 7. The lowest BCUT2D eigenvalue weighted by Gasteiger charge is -2.25. The van der Waals surface area contributed by atoms with Crippen molar-refractivity contribution in [1.29, 1.82) is 0 Å². The van der Waals surface area contributed by atoms with E-state index < -0.39 is 48.1 Å². The summed E-state index contributed by atoms with van der Waals surface area (Å²) in [5, 5.41) is 2.61. The monoisotopic (exact) mass is 425 g/mol. The molecule has 162 valence electrons. The van der Waals surface area contributed by atoms with Crippen LogP contribution < -0.4 is 5.32 Å². The van der Waals surface area contributed by atoms with Gasteiger partial charge in [-0.15, -0.1) is 0 Å². The van der Waals surface area contributed by atoms with Crippen LogP contribution in [0.2, 0.25) is 0 Å². The molecule has 0 unspecified atom stereocenters. The van der Waals surface area contributed by atoms with Gasteiger partial charge in [-0.2, -0.15) is 0 Å². The first kappa shape index (κ1) is 22.0. The van der Waals surface area contributed by atoms with Gasteiger partial charge in [0.1, 0.15) is 6.04 Å². The van der Waals surface area contributed by atoms with E-state index in [2.05, 4.69) is 10.1 Å². The van der Waals surface area contributed by atoms with Crippen molar-refractivity contribution in [2.24, 2.45) is 5.92 Å². The molecule has 0 saturated heterocycles. The van der Waals surface area contributed by atoms with Crippen LogP contribution in [0, 0.1) is 5.92 Å². The Hall–Kier alpha value is -3.68. The van der Waals surface area contributed by atoms with E-state index in [0.29, 0.717) is 0 Å². The van der Waals surface area contributed by atoms with Crippen LogP contribution in [0.4, 0.5) is 0 Å². The molecule has 1 aliphatic rings. The first-order chi connectivity index (χ1) is 14.9. The molecule has 2 atom stereocenters. The molecule has 31 heavy (non-hydrogen) atoms. The van der Waals surface area contributed by atoms with E-state index in [-0.39, 0.29) is 0 Å². The average Bonchev–Trinajstić information content (AvgIpc) is 3.14. The van der Waals surface area contributed by atoms with Gasteiger partial charge < -0.3 is 19.5 Å². The van der Waals surface area contributed by atoms with Crippen molar-refractivity contribution in [3.8, 4) is 11.1 Å². The minimum absolute atomic E-state index is 0.457. The van der Waals surface area contributed by atoms with Gasteiger partial charge in [-0.1, -0.05) is 48.5 Å². The molecule has 0 aliphatic heterocycles. The molecule has 2 aromatic carbocycles. The highest BCUT2D eigenvalue weighted by Gasteiger charge is 2.41. The highest BCUT2D eigenvalue weighted by atomic mass is 16.5. The number of methoxy groups -OCH3 is 3. The van der Waals surface area contributed by atoms with Crippen LogP contribution in [0.3, 0.4) is 0 Å². The summed E-state index contributed by atoms with van der Waals surface area (Å²) in [5.41, 5.74) is 3.42. The van der Waals surface area contributed by atoms with E-state index in [4.69, 9.17) is 9.47 Å². The third-order valence-corrected chi connectivity index (χ3v) is 5.37. The van der Waals surface area contributed by atoms with E-state index >= 15 is 0 Å². The Balaban J connectivity index is 1.97. The molecule has 1 N–H and O–H groups in total. The predicted octanol–water partition coefficient (Wildman–Crippen LogP) is 1.81. The molecule has 8 nitrogen and oxygen atoms in total. The van der Waals surface area contributed by atoms with Gasteiger partial charge in [0.15, 0.2) is 0 Å². The van der Waals surface area contributed by atoms with Gasteiger partial charge in [-0.3, -0.25) is 14.4 Å². The molecule has 3 rings (SSSR count). The summed E-state index contributed by atoms with van der Waals surface area (Å²) in [6, 6.07) is 13.5. The van der Waals surface area contributed by atoms with E-state index in [1.165, 1.54) is 0 Å². The zero-order chi connectivity index (χ0) is 22.5. The van der Waals surface area contributed by atoms with Crippen molar-refractivity contribution >= 4 is 23.8 Å². The number of esters is 3. The zero-order valence-electron chi connectivity index (χ0n) is 17.4. The number of carbonyl (C=O) groups excluding carboxylic acids is 4.